The number of aliphatic carboxylic acids is 1. The lowest BCUT2D eigenvalue weighted by Crippen LogP contribution is -2.58. The number of primary amides is 1. The highest BCUT2D eigenvalue weighted by molar-refractivity contribution is 5.94. The summed E-state index contributed by atoms with van der Waals surface area (Å²) in [6.07, 6.45) is 2.51. The van der Waals surface area contributed by atoms with Crippen molar-refractivity contribution >= 4 is 29.6 Å². The quantitative estimate of drug-likeness (QED) is 0.172. The smallest absolute Gasteiger partial charge is 0.326 e. The Balaban J connectivity index is 3.04. The number of carbonyl (C=O) groups is 5. The Hall–Kier alpha value is -3.48. The molecule has 0 radical (unpaired) electrons. The van der Waals surface area contributed by atoms with E-state index in [2.05, 4.69) is 25.9 Å². The number of H-pyrrole nitrogens is 1. The van der Waals surface area contributed by atoms with Gasteiger partial charge in [-0.2, -0.15) is 0 Å². The first-order valence-corrected chi connectivity index (χ1v) is 10.1. The van der Waals surface area contributed by atoms with Crippen LogP contribution in [0.1, 0.15) is 39.3 Å². The zero-order valence-corrected chi connectivity index (χ0v) is 18.3. The highest BCUT2D eigenvalue weighted by atomic mass is 16.4. The number of imidazole rings is 1. The van der Waals surface area contributed by atoms with Gasteiger partial charge in [0, 0.05) is 24.7 Å². The van der Waals surface area contributed by atoms with Crippen LogP contribution in [0.2, 0.25) is 0 Å². The van der Waals surface area contributed by atoms with E-state index in [1.54, 1.807) is 13.8 Å². The Labute approximate surface area is 185 Å². The van der Waals surface area contributed by atoms with Gasteiger partial charge >= 0.3 is 5.97 Å². The molecule has 0 aliphatic carbocycles. The molecule has 0 fully saturated rings. The van der Waals surface area contributed by atoms with Crippen LogP contribution in [-0.4, -0.2) is 68.8 Å². The normalized spacial score (nSPS) is 14.7. The van der Waals surface area contributed by atoms with Crippen LogP contribution in [0.25, 0.3) is 0 Å². The lowest BCUT2D eigenvalue weighted by Gasteiger charge is -2.25. The van der Waals surface area contributed by atoms with E-state index in [0.29, 0.717) is 5.69 Å². The highest BCUT2D eigenvalue weighted by Crippen LogP contribution is 2.06. The van der Waals surface area contributed by atoms with Crippen LogP contribution in [-0.2, 0) is 30.4 Å². The Morgan fingerprint density at radius 1 is 1.03 bits per heavy atom. The first kappa shape index (κ1) is 26.6. The largest absolute Gasteiger partial charge is 0.480 e. The number of carboxylic acids is 1. The second kappa shape index (κ2) is 12.4. The maximum absolute atomic E-state index is 12.9. The van der Waals surface area contributed by atoms with Crippen molar-refractivity contribution in [1.29, 1.82) is 0 Å². The molecular formula is C19H31N7O6. The first-order valence-electron chi connectivity index (χ1n) is 10.1. The highest BCUT2D eigenvalue weighted by Gasteiger charge is 2.31. The van der Waals surface area contributed by atoms with E-state index in [1.165, 1.54) is 19.4 Å². The molecule has 9 N–H and O–H groups in total. The molecule has 0 spiro atoms. The molecule has 0 saturated carbocycles. The molecule has 1 rings (SSSR count). The molecule has 4 unspecified atom stereocenters. The van der Waals surface area contributed by atoms with Gasteiger partial charge in [0.2, 0.25) is 23.6 Å². The number of carboxylic acid groups (broad SMARTS) is 1. The number of carbonyl (C=O) groups excluding carboxylic acids is 4. The molecule has 1 heterocycles. The van der Waals surface area contributed by atoms with Crippen molar-refractivity contribution in [3.05, 3.63) is 18.2 Å². The fourth-order valence-electron chi connectivity index (χ4n) is 2.72. The predicted molar refractivity (Wildman–Crippen MR) is 113 cm³/mol. The number of nitrogens with two attached hydrogens (primary N) is 2. The second-order valence-corrected chi connectivity index (χ2v) is 7.77. The number of hydrogen-bond acceptors (Lipinski definition) is 7. The topological polar surface area (TPSA) is 222 Å². The number of aromatic nitrogens is 2. The zero-order chi connectivity index (χ0) is 24.4. The minimum absolute atomic E-state index is 0.0260. The van der Waals surface area contributed by atoms with Gasteiger partial charge in [0.25, 0.3) is 0 Å². The summed E-state index contributed by atoms with van der Waals surface area (Å²) < 4.78 is 0. The van der Waals surface area contributed by atoms with Crippen LogP contribution in [0.5, 0.6) is 0 Å². The van der Waals surface area contributed by atoms with Crippen LogP contribution in [0.15, 0.2) is 12.5 Å². The number of nitrogens with one attached hydrogen (secondary N) is 4. The van der Waals surface area contributed by atoms with E-state index >= 15 is 0 Å². The summed E-state index contributed by atoms with van der Waals surface area (Å²) >= 11 is 0. The summed E-state index contributed by atoms with van der Waals surface area (Å²) in [6, 6.07) is -4.46. The van der Waals surface area contributed by atoms with Crippen molar-refractivity contribution in [2.75, 3.05) is 0 Å². The zero-order valence-electron chi connectivity index (χ0n) is 18.3. The fraction of sp³-hybridized carbons (Fsp3) is 0.579. The third-order valence-electron chi connectivity index (χ3n) is 4.57. The third-order valence-corrected chi connectivity index (χ3v) is 4.57. The second-order valence-electron chi connectivity index (χ2n) is 7.77. The average Bonchev–Trinajstić information content (AvgIpc) is 3.20. The lowest BCUT2D eigenvalue weighted by atomic mass is 10.0. The van der Waals surface area contributed by atoms with Gasteiger partial charge < -0.3 is 37.5 Å². The Morgan fingerprint density at radius 2 is 1.62 bits per heavy atom. The molecule has 4 atom stereocenters. The van der Waals surface area contributed by atoms with Gasteiger partial charge in [0.1, 0.15) is 18.1 Å². The van der Waals surface area contributed by atoms with E-state index in [4.69, 9.17) is 11.5 Å². The Kier molecular flexibility index (Phi) is 10.3. The first-order chi connectivity index (χ1) is 14.9. The minimum Gasteiger partial charge on any atom is -0.480 e. The monoisotopic (exact) mass is 453 g/mol. The standard InChI is InChI=1S/C19H31N7O6/c1-9(2)15(19(31)32)26-17(29)12(4-5-14(21)27)24-18(30)13(25-16(28)10(3)20)6-11-7-22-8-23-11/h7-10,12-13,15H,4-6,20H2,1-3H3,(H2,21,27)(H,22,23)(H,24,30)(H,25,28)(H,26,29)(H,31,32). The lowest BCUT2D eigenvalue weighted by molar-refractivity contribution is -0.143. The van der Waals surface area contributed by atoms with E-state index < -0.39 is 59.7 Å². The third kappa shape index (κ3) is 8.71. The van der Waals surface area contributed by atoms with Gasteiger partial charge in [-0.1, -0.05) is 13.8 Å². The van der Waals surface area contributed by atoms with Gasteiger partial charge in [-0.05, 0) is 19.3 Å². The summed E-state index contributed by atoms with van der Waals surface area (Å²) in [7, 11) is 0. The molecule has 178 valence electrons. The molecule has 1 aromatic rings. The number of nitrogens with zero attached hydrogens (tertiary/aromatic N) is 1. The fourth-order valence-corrected chi connectivity index (χ4v) is 2.72. The van der Waals surface area contributed by atoms with Gasteiger partial charge in [-0.3, -0.25) is 19.2 Å². The summed E-state index contributed by atoms with van der Waals surface area (Å²) in [6.45, 7) is 4.67. The summed E-state index contributed by atoms with van der Waals surface area (Å²) in [5, 5.41) is 16.6. The molecule has 0 bridgehead atoms. The number of hydrogen-bond donors (Lipinski definition) is 7. The van der Waals surface area contributed by atoms with Crippen molar-refractivity contribution in [3.8, 4) is 0 Å². The molecule has 0 saturated heterocycles. The van der Waals surface area contributed by atoms with E-state index in [-0.39, 0.29) is 19.3 Å². The van der Waals surface area contributed by atoms with Gasteiger partial charge in [-0.15, -0.1) is 0 Å². The van der Waals surface area contributed by atoms with E-state index in [1.807, 2.05) is 0 Å². The Bertz CT molecular complexity index is 809. The predicted octanol–water partition coefficient (Wildman–Crippen LogP) is -2.24. The molecule has 1 aromatic heterocycles. The average molecular weight is 454 g/mol. The van der Waals surface area contributed by atoms with Crippen LogP contribution in [0.3, 0.4) is 0 Å². The molecule has 0 aromatic carbocycles. The van der Waals surface area contributed by atoms with Crippen LogP contribution in [0, 0.1) is 5.92 Å². The minimum atomic E-state index is -1.26. The van der Waals surface area contributed by atoms with E-state index in [9.17, 15) is 29.1 Å². The van der Waals surface area contributed by atoms with Gasteiger partial charge in [-0.25, -0.2) is 9.78 Å². The summed E-state index contributed by atoms with van der Waals surface area (Å²) in [4.78, 5) is 67.0. The van der Waals surface area contributed by atoms with Crippen LogP contribution in [0.4, 0.5) is 0 Å². The molecule has 0 aliphatic heterocycles. The molecule has 4 amide bonds. The molecule has 32 heavy (non-hydrogen) atoms. The van der Waals surface area contributed by atoms with Gasteiger partial charge in [0.15, 0.2) is 0 Å². The van der Waals surface area contributed by atoms with Crippen molar-refractivity contribution in [2.24, 2.45) is 17.4 Å². The molecule has 0 aliphatic rings. The van der Waals surface area contributed by atoms with Gasteiger partial charge in [0.05, 0.1) is 12.4 Å². The van der Waals surface area contributed by atoms with Crippen LogP contribution < -0.4 is 27.4 Å². The number of aromatic amines is 1. The molecule has 13 nitrogen and oxygen atoms in total. The van der Waals surface area contributed by atoms with Crippen LogP contribution >= 0.6 is 0 Å². The van der Waals surface area contributed by atoms with Crippen molar-refractivity contribution in [3.63, 3.8) is 0 Å². The molecular weight excluding hydrogens is 422 g/mol. The van der Waals surface area contributed by atoms with Crippen molar-refractivity contribution < 1.29 is 29.1 Å². The summed E-state index contributed by atoms with van der Waals surface area (Å²) in [5.41, 5.74) is 11.3. The van der Waals surface area contributed by atoms with Crippen molar-refractivity contribution in [1.82, 2.24) is 25.9 Å². The van der Waals surface area contributed by atoms with Crippen molar-refractivity contribution in [2.45, 2.75) is 64.2 Å². The SMILES string of the molecule is CC(N)C(=O)NC(Cc1cnc[nH]1)C(=O)NC(CCC(N)=O)C(=O)NC(C(=O)O)C(C)C. The summed E-state index contributed by atoms with van der Waals surface area (Å²) in [5.74, 6) is -4.48. The maximum Gasteiger partial charge on any atom is 0.326 e. The number of rotatable bonds is 13. The molecule has 13 heteroatoms. The maximum atomic E-state index is 12.9. The number of amides is 4. The van der Waals surface area contributed by atoms with E-state index in [0.717, 1.165) is 0 Å². The Morgan fingerprint density at radius 3 is 2.09 bits per heavy atom.